The monoisotopic (exact) mass is 428 g/mol. The Balaban J connectivity index is 1.74. The van der Waals surface area contributed by atoms with Crippen LogP contribution >= 0.6 is 0 Å². The first kappa shape index (κ1) is 20.3. The molecule has 0 radical (unpaired) electrons. The summed E-state index contributed by atoms with van der Waals surface area (Å²) in [6.45, 7) is 4.35. The summed E-state index contributed by atoms with van der Waals surface area (Å²) in [7, 11) is 0. The van der Waals surface area contributed by atoms with Gasteiger partial charge in [0.05, 0.1) is 41.4 Å². The highest BCUT2D eigenvalue weighted by Gasteiger charge is 2.22. The van der Waals surface area contributed by atoms with Gasteiger partial charge in [0.1, 0.15) is 6.61 Å². The predicted octanol–water partition coefficient (Wildman–Crippen LogP) is 3.16. The summed E-state index contributed by atoms with van der Waals surface area (Å²) in [5.74, 6) is 1.22. The van der Waals surface area contributed by atoms with Gasteiger partial charge in [-0.3, -0.25) is 4.98 Å². The topological polar surface area (TPSA) is 111 Å². The number of aliphatic imine (C=N–C) groups is 1. The molecule has 2 atom stereocenters. The first-order valence-electron chi connectivity index (χ1n) is 10.6. The third-order valence-corrected chi connectivity index (χ3v) is 5.42. The van der Waals surface area contributed by atoms with Crippen molar-refractivity contribution in [3.05, 3.63) is 71.7 Å². The SMILES string of the molecule is CC1COC(c2cc(-c3cccc([C@H](C)N)n3)cc3c2cnn3-c2cccc(CO)n2)=N1. The Morgan fingerprint density at radius 2 is 2.03 bits per heavy atom. The molecule has 8 heteroatoms. The number of nitrogens with zero attached hydrogens (tertiary/aromatic N) is 5. The van der Waals surface area contributed by atoms with Crippen molar-refractivity contribution in [2.45, 2.75) is 32.5 Å². The van der Waals surface area contributed by atoms with Gasteiger partial charge in [-0.25, -0.2) is 14.7 Å². The minimum Gasteiger partial charge on any atom is -0.475 e. The number of ether oxygens (including phenoxy) is 1. The maximum atomic E-state index is 9.51. The van der Waals surface area contributed by atoms with Gasteiger partial charge in [-0.15, -0.1) is 0 Å². The van der Waals surface area contributed by atoms with E-state index >= 15 is 0 Å². The van der Waals surface area contributed by atoms with Crippen LogP contribution in [0.4, 0.5) is 0 Å². The van der Waals surface area contributed by atoms with Gasteiger partial charge in [0, 0.05) is 22.6 Å². The van der Waals surface area contributed by atoms with Gasteiger partial charge in [-0.2, -0.15) is 5.10 Å². The summed E-state index contributed by atoms with van der Waals surface area (Å²) in [6.07, 6.45) is 1.79. The summed E-state index contributed by atoms with van der Waals surface area (Å²) in [5, 5.41) is 15.0. The maximum absolute atomic E-state index is 9.51. The molecule has 1 aromatic carbocycles. The van der Waals surface area contributed by atoms with Crippen molar-refractivity contribution in [2.75, 3.05) is 6.61 Å². The highest BCUT2D eigenvalue weighted by atomic mass is 16.5. The zero-order valence-electron chi connectivity index (χ0n) is 17.9. The molecule has 1 aliphatic heterocycles. The molecule has 0 fully saturated rings. The van der Waals surface area contributed by atoms with Crippen LogP contribution < -0.4 is 5.73 Å². The number of rotatable bonds is 5. The molecule has 8 nitrogen and oxygen atoms in total. The van der Waals surface area contributed by atoms with Gasteiger partial charge in [-0.05, 0) is 50.2 Å². The second kappa shape index (κ2) is 8.14. The summed E-state index contributed by atoms with van der Waals surface area (Å²) < 4.78 is 7.65. The molecule has 0 saturated carbocycles. The zero-order valence-corrected chi connectivity index (χ0v) is 17.9. The molecule has 4 aromatic rings. The quantitative estimate of drug-likeness (QED) is 0.505. The molecule has 5 rings (SSSR count). The van der Waals surface area contributed by atoms with Gasteiger partial charge in [0.25, 0.3) is 0 Å². The van der Waals surface area contributed by atoms with E-state index in [9.17, 15) is 5.11 Å². The van der Waals surface area contributed by atoms with E-state index in [1.165, 1.54) is 0 Å². The average Bonchev–Trinajstić information content (AvgIpc) is 3.45. The Labute approximate surface area is 185 Å². The van der Waals surface area contributed by atoms with Crippen LogP contribution in [0.2, 0.25) is 0 Å². The van der Waals surface area contributed by atoms with Crippen LogP contribution in [-0.4, -0.2) is 43.4 Å². The molecule has 4 heterocycles. The predicted molar refractivity (Wildman–Crippen MR) is 123 cm³/mol. The fourth-order valence-corrected chi connectivity index (χ4v) is 3.79. The number of fused-ring (bicyclic) bond motifs is 1. The van der Waals surface area contributed by atoms with Gasteiger partial charge in [0.15, 0.2) is 5.82 Å². The number of nitrogens with two attached hydrogens (primary N) is 1. The smallest absolute Gasteiger partial charge is 0.217 e. The molecule has 0 spiro atoms. The summed E-state index contributed by atoms with van der Waals surface area (Å²) in [6, 6.07) is 15.3. The molecular formula is C24H24N6O2. The molecule has 32 heavy (non-hydrogen) atoms. The fourth-order valence-electron chi connectivity index (χ4n) is 3.79. The molecular weight excluding hydrogens is 404 g/mol. The average molecular weight is 428 g/mol. The molecule has 3 N–H and O–H groups in total. The van der Waals surface area contributed by atoms with Crippen molar-refractivity contribution in [2.24, 2.45) is 10.7 Å². The molecule has 0 amide bonds. The number of aliphatic hydroxyl groups is 1. The van der Waals surface area contributed by atoms with Crippen LogP contribution in [-0.2, 0) is 11.3 Å². The summed E-state index contributed by atoms with van der Waals surface area (Å²) >= 11 is 0. The van der Waals surface area contributed by atoms with Gasteiger partial charge in [0.2, 0.25) is 5.90 Å². The van der Waals surface area contributed by atoms with Gasteiger partial charge < -0.3 is 15.6 Å². The largest absolute Gasteiger partial charge is 0.475 e. The van der Waals surface area contributed by atoms with Gasteiger partial charge >= 0.3 is 0 Å². The minimum absolute atomic E-state index is 0.0983. The van der Waals surface area contributed by atoms with Crippen LogP contribution in [0.5, 0.6) is 0 Å². The van der Waals surface area contributed by atoms with Crippen LogP contribution in [0.15, 0.2) is 59.7 Å². The Kier molecular flexibility index (Phi) is 5.16. The lowest BCUT2D eigenvalue weighted by Crippen LogP contribution is -2.08. The standard InChI is InChI=1S/C24H24N6O2/c1-14-13-32-24(27-14)18-9-16(21-7-4-6-20(29-21)15(2)25)10-22-19(18)11-26-30(22)23-8-3-5-17(12-31)28-23/h3-11,14-15,31H,12-13,25H2,1-2H3/t14?,15-/m0/s1. The van der Waals surface area contributed by atoms with Crippen molar-refractivity contribution >= 4 is 16.8 Å². The van der Waals surface area contributed by atoms with E-state index in [4.69, 9.17) is 15.5 Å². The van der Waals surface area contributed by atoms with E-state index < -0.39 is 0 Å². The molecule has 0 aliphatic carbocycles. The highest BCUT2D eigenvalue weighted by Crippen LogP contribution is 2.30. The lowest BCUT2D eigenvalue weighted by atomic mass is 10.0. The first-order chi connectivity index (χ1) is 15.5. The number of pyridine rings is 2. The number of hydrogen-bond donors (Lipinski definition) is 2. The van der Waals surface area contributed by atoms with E-state index in [1.54, 1.807) is 16.9 Å². The Morgan fingerprint density at radius 1 is 1.19 bits per heavy atom. The Bertz CT molecular complexity index is 1330. The molecule has 1 aliphatic rings. The summed E-state index contributed by atoms with van der Waals surface area (Å²) in [4.78, 5) is 13.9. The number of hydrogen-bond acceptors (Lipinski definition) is 7. The Hall–Kier alpha value is -3.62. The van der Waals surface area contributed by atoms with E-state index in [1.807, 2.05) is 56.3 Å². The normalized spacial score (nSPS) is 16.8. The van der Waals surface area contributed by atoms with E-state index in [-0.39, 0.29) is 18.7 Å². The zero-order chi connectivity index (χ0) is 22.2. The van der Waals surface area contributed by atoms with E-state index in [2.05, 4.69) is 15.1 Å². The van der Waals surface area contributed by atoms with Crippen molar-refractivity contribution < 1.29 is 9.84 Å². The Morgan fingerprint density at radius 3 is 2.78 bits per heavy atom. The van der Waals surface area contributed by atoms with Crippen molar-refractivity contribution in [1.82, 2.24) is 19.7 Å². The molecule has 162 valence electrons. The van der Waals surface area contributed by atoms with Crippen molar-refractivity contribution in [1.29, 1.82) is 0 Å². The van der Waals surface area contributed by atoms with E-state index in [0.717, 1.165) is 33.4 Å². The minimum atomic E-state index is -0.169. The maximum Gasteiger partial charge on any atom is 0.217 e. The molecule has 1 unspecified atom stereocenters. The van der Waals surface area contributed by atoms with Crippen LogP contribution in [0.1, 0.15) is 36.8 Å². The third-order valence-electron chi connectivity index (χ3n) is 5.42. The van der Waals surface area contributed by atoms with Crippen LogP contribution in [0.25, 0.3) is 28.0 Å². The number of aromatic nitrogens is 4. The lowest BCUT2D eigenvalue weighted by molar-refractivity contribution is 0.276. The van der Waals surface area contributed by atoms with Crippen molar-refractivity contribution in [3.8, 4) is 17.1 Å². The first-order valence-corrected chi connectivity index (χ1v) is 10.6. The van der Waals surface area contributed by atoms with Crippen LogP contribution in [0.3, 0.4) is 0 Å². The third kappa shape index (κ3) is 3.63. The second-order valence-corrected chi connectivity index (χ2v) is 7.99. The second-order valence-electron chi connectivity index (χ2n) is 7.99. The van der Waals surface area contributed by atoms with E-state index in [0.29, 0.717) is 24.0 Å². The fraction of sp³-hybridized carbons (Fsp3) is 0.250. The lowest BCUT2D eigenvalue weighted by Gasteiger charge is -2.11. The molecule has 0 saturated heterocycles. The molecule has 0 bridgehead atoms. The van der Waals surface area contributed by atoms with Gasteiger partial charge in [-0.1, -0.05) is 12.1 Å². The summed E-state index contributed by atoms with van der Waals surface area (Å²) in [5.41, 5.74) is 10.9. The van der Waals surface area contributed by atoms with Crippen LogP contribution in [0, 0.1) is 0 Å². The van der Waals surface area contributed by atoms with Crippen molar-refractivity contribution in [3.63, 3.8) is 0 Å². The highest BCUT2D eigenvalue weighted by molar-refractivity contribution is 6.08. The number of aliphatic hydroxyl groups excluding tert-OH is 1. The number of benzene rings is 1. The molecule has 3 aromatic heterocycles.